The van der Waals surface area contributed by atoms with Crippen LogP contribution >= 0.6 is 15.9 Å². The molecule has 0 amide bonds. The van der Waals surface area contributed by atoms with Crippen molar-refractivity contribution < 1.29 is 4.79 Å². The van der Waals surface area contributed by atoms with Crippen LogP contribution in [0.1, 0.15) is 41.6 Å². The van der Waals surface area contributed by atoms with Gasteiger partial charge in [0, 0.05) is 15.5 Å². The van der Waals surface area contributed by atoms with Crippen LogP contribution in [0.3, 0.4) is 0 Å². The second-order valence-corrected chi connectivity index (χ2v) is 6.16. The summed E-state index contributed by atoms with van der Waals surface area (Å²) in [6.07, 6.45) is 8.21. The molecule has 19 heavy (non-hydrogen) atoms. The number of fused-ring (bicyclic) bond motifs is 1. The summed E-state index contributed by atoms with van der Waals surface area (Å²) >= 11 is 3.45. The first-order chi connectivity index (χ1) is 9.13. The van der Waals surface area contributed by atoms with Gasteiger partial charge >= 0.3 is 0 Å². The smallest absolute Gasteiger partial charge is 0.169 e. The van der Waals surface area contributed by atoms with E-state index < -0.39 is 0 Å². The summed E-state index contributed by atoms with van der Waals surface area (Å²) in [6, 6.07) is 6.05. The van der Waals surface area contributed by atoms with Gasteiger partial charge in [-0.25, -0.2) is 0 Å². The topological polar surface area (TPSA) is 17.1 Å². The van der Waals surface area contributed by atoms with Gasteiger partial charge in [0.15, 0.2) is 5.78 Å². The largest absolute Gasteiger partial charge is 0.294 e. The van der Waals surface area contributed by atoms with E-state index in [1.165, 1.54) is 5.56 Å². The van der Waals surface area contributed by atoms with Crippen molar-refractivity contribution in [1.82, 2.24) is 0 Å². The van der Waals surface area contributed by atoms with Gasteiger partial charge in [0.05, 0.1) is 0 Å². The van der Waals surface area contributed by atoms with Gasteiger partial charge in [0.2, 0.25) is 0 Å². The van der Waals surface area contributed by atoms with Crippen molar-refractivity contribution in [3.05, 3.63) is 59.1 Å². The van der Waals surface area contributed by atoms with Gasteiger partial charge in [-0.15, -0.1) is 13.2 Å². The molecule has 0 aliphatic heterocycles. The first kappa shape index (κ1) is 14.3. The molecule has 0 N–H and O–H groups in total. The zero-order valence-corrected chi connectivity index (χ0v) is 12.7. The number of benzene rings is 1. The number of carbonyl (C=O) groups is 1. The summed E-state index contributed by atoms with van der Waals surface area (Å²) in [4.78, 5) is 12.8. The molecule has 2 heteroatoms. The number of Topliss-reactive ketones (excluding diaryl/α,β-unsaturated/α-hetero) is 1. The normalized spacial score (nSPS) is 16.2. The fraction of sp³-hybridized carbons (Fsp3) is 0.353. The van der Waals surface area contributed by atoms with Gasteiger partial charge in [0.1, 0.15) is 0 Å². The van der Waals surface area contributed by atoms with Gasteiger partial charge in [0.25, 0.3) is 0 Å². The summed E-state index contributed by atoms with van der Waals surface area (Å²) < 4.78 is 0.975. The Morgan fingerprint density at radius 2 is 1.84 bits per heavy atom. The molecule has 0 saturated carbocycles. The maximum absolute atomic E-state index is 12.8. The van der Waals surface area contributed by atoms with E-state index in [0.717, 1.165) is 42.1 Å². The number of allylic oxidation sites excluding steroid dienone is 2. The third-order valence-electron chi connectivity index (χ3n) is 3.98. The number of ketones is 1. The van der Waals surface area contributed by atoms with E-state index in [9.17, 15) is 4.79 Å². The minimum Gasteiger partial charge on any atom is -0.294 e. The molecule has 1 aliphatic rings. The van der Waals surface area contributed by atoms with Crippen molar-refractivity contribution in [2.75, 3.05) is 0 Å². The van der Waals surface area contributed by atoms with Gasteiger partial charge < -0.3 is 0 Å². The van der Waals surface area contributed by atoms with Crippen LogP contribution in [0.5, 0.6) is 0 Å². The van der Waals surface area contributed by atoms with E-state index in [2.05, 4.69) is 35.2 Å². The van der Waals surface area contributed by atoms with Crippen molar-refractivity contribution in [2.24, 2.45) is 5.41 Å². The third kappa shape index (κ3) is 2.74. The molecule has 0 atom stereocenters. The van der Waals surface area contributed by atoms with Gasteiger partial charge in [-0.1, -0.05) is 34.1 Å². The van der Waals surface area contributed by atoms with E-state index in [-0.39, 0.29) is 5.41 Å². The molecule has 0 aromatic heterocycles. The Labute approximate surface area is 123 Å². The number of rotatable bonds is 6. The standard InChI is InChI=1S/C17H19BrO/c1-3-5-9-17(10-6-4-2)12-13-7-8-14(18)11-15(13)16(17)19/h3-4,7-8,11H,1-2,5-6,9-10,12H2. The molecule has 2 rings (SSSR count). The molecular weight excluding hydrogens is 300 g/mol. The molecule has 0 heterocycles. The van der Waals surface area contributed by atoms with Crippen LogP contribution in [0.15, 0.2) is 48.0 Å². The molecule has 1 aromatic carbocycles. The van der Waals surface area contributed by atoms with Crippen molar-refractivity contribution in [1.29, 1.82) is 0 Å². The average Bonchev–Trinajstić information content (AvgIpc) is 2.68. The number of carbonyl (C=O) groups excluding carboxylic acids is 1. The van der Waals surface area contributed by atoms with Crippen molar-refractivity contribution in [3.63, 3.8) is 0 Å². The maximum atomic E-state index is 12.8. The molecule has 0 unspecified atom stereocenters. The monoisotopic (exact) mass is 318 g/mol. The molecule has 0 radical (unpaired) electrons. The van der Waals surface area contributed by atoms with Crippen LogP contribution in [0.2, 0.25) is 0 Å². The average molecular weight is 319 g/mol. The van der Waals surface area contributed by atoms with Crippen molar-refractivity contribution in [2.45, 2.75) is 32.1 Å². The highest BCUT2D eigenvalue weighted by atomic mass is 79.9. The summed E-state index contributed by atoms with van der Waals surface area (Å²) in [5.41, 5.74) is 1.83. The minimum atomic E-state index is -0.245. The fourth-order valence-corrected chi connectivity index (χ4v) is 3.29. The third-order valence-corrected chi connectivity index (χ3v) is 4.47. The molecule has 1 nitrogen and oxygen atoms in total. The highest BCUT2D eigenvalue weighted by Gasteiger charge is 2.43. The Hall–Kier alpha value is -1.15. The molecule has 0 fully saturated rings. The predicted octanol–water partition coefficient (Wildman–Crippen LogP) is 5.11. The van der Waals surface area contributed by atoms with Gasteiger partial charge in [-0.2, -0.15) is 0 Å². The van der Waals surface area contributed by atoms with Crippen LogP contribution in [-0.4, -0.2) is 5.78 Å². The van der Waals surface area contributed by atoms with Gasteiger partial charge in [-0.05, 0) is 49.8 Å². The van der Waals surface area contributed by atoms with E-state index in [4.69, 9.17) is 0 Å². The first-order valence-electron chi connectivity index (χ1n) is 6.68. The Morgan fingerprint density at radius 1 is 1.21 bits per heavy atom. The molecule has 1 aliphatic carbocycles. The van der Waals surface area contributed by atoms with E-state index >= 15 is 0 Å². The van der Waals surface area contributed by atoms with Crippen molar-refractivity contribution in [3.8, 4) is 0 Å². The lowest BCUT2D eigenvalue weighted by Crippen LogP contribution is -2.27. The lowest BCUT2D eigenvalue weighted by atomic mass is 9.75. The second-order valence-electron chi connectivity index (χ2n) is 5.24. The molecular formula is C17H19BrO. The maximum Gasteiger partial charge on any atom is 0.169 e. The van der Waals surface area contributed by atoms with E-state index in [0.29, 0.717) is 5.78 Å². The lowest BCUT2D eigenvalue weighted by Gasteiger charge is -2.26. The van der Waals surface area contributed by atoms with E-state index in [1.807, 2.05) is 24.3 Å². The van der Waals surface area contributed by atoms with E-state index in [1.54, 1.807) is 0 Å². The summed E-state index contributed by atoms with van der Waals surface area (Å²) in [5, 5.41) is 0. The number of hydrogen-bond donors (Lipinski definition) is 0. The summed E-state index contributed by atoms with van der Waals surface area (Å²) in [6.45, 7) is 7.56. The Kier molecular flexibility index (Phi) is 4.41. The van der Waals surface area contributed by atoms with Crippen LogP contribution < -0.4 is 0 Å². The predicted molar refractivity (Wildman–Crippen MR) is 83.5 cm³/mol. The van der Waals surface area contributed by atoms with Crippen LogP contribution in [-0.2, 0) is 6.42 Å². The highest BCUT2D eigenvalue weighted by Crippen LogP contribution is 2.44. The molecule has 0 spiro atoms. The zero-order chi connectivity index (χ0) is 13.9. The fourth-order valence-electron chi connectivity index (χ4n) is 2.93. The van der Waals surface area contributed by atoms with Crippen LogP contribution in [0.25, 0.3) is 0 Å². The van der Waals surface area contributed by atoms with Crippen molar-refractivity contribution >= 4 is 21.7 Å². The highest BCUT2D eigenvalue weighted by molar-refractivity contribution is 9.10. The SMILES string of the molecule is C=CCCC1(CCC=C)Cc2ccc(Br)cc2C1=O. The number of hydrogen-bond acceptors (Lipinski definition) is 1. The Balaban J connectivity index is 2.33. The first-order valence-corrected chi connectivity index (χ1v) is 7.47. The molecule has 0 bridgehead atoms. The number of halogens is 1. The Morgan fingerprint density at radius 3 is 2.42 bits per heavy atom. The summed E-state index contributed by atoms with van der Waals surface area (Å²) in [5.74, 6) is 0.299. The lowest BCUT2D eigenvalue weighted by molar-refractivity contribution is 0.0791. The zero-order valence-electron chi connectivity index (χ0n) is 11.1. The molecule has 100 valence electrons. The molecule has 0 saturated heterocycles. The quantitative estimate of drug-likeness (QED) is 0.666. The van der Waals surface area contributed by atoms with Crippen LogP contribution in [0.4, 0.5) is 0 Å². The van der Waals surface area contributed by atoms with Gasteiger partial charge in [-0.3, -0.25) is 4.79 Å². The Bertz CT molecular complexity index is 504. The molecule has 1 aromatic rings. The minimum absolute atomic E-state index is 0.245. The summed E-state index contributed by atoms with van der Waals surface area (Å²) in [7, 11) is 0. The second kappa shape index (κ2) is 5.87. The van der Waals surface area contributed by atoms with Crippen LogP contribution in [0, 0.1) is 5.41 Å².